The van der Waals surface area contributed by atoms with Gasteiger partial charge in [-0.05, 0) is 36.5 Å². The molecule has 2 aromatic heterocycles. The van der Waals surface area contributed by atoms with Crippen molar-refractivity contribution in [1.82, 2.24) is 15.0 Å². The molecule has 114 valence electrons. The second-order valence-electron chi connectivity index (χ2n) is 5.63. The van der Waals surface area contributed by atoms with Crippen LogP contribution in [0.4, 0.5) is 0 Å². The molecule has 0 unspecified atom stereocenters. The van der Waals surface area contributed by atoms with Crippen LogP contribution in [0, 0.1) is 0 Å². The van der Waals surface area contributed by atoms with E-state index in [0.29, 0.717) is 11.5 Å². The largest absolute Gasteiger partial charge is 0.477 e. The van der Waals surface area contributed by atoms with E-state index >= 15 is 0 Å². The first-order valence-electron chi connectivity index (χ1n) is 7.37. The minimum atomic E-state index is -1.27. The first-order chi connectivity index (χ1) is 11.1. The van der Waals surface area contributed by atoms with Crippen molar-refractivity contribution in [2.24, 2.45) is 0 Å². The number of carbonyl (C=O) groups is 1. The van der Waals surface area contributed by atoms with Crippen molar-refractivity contribution in [3.63, 3.8) is 0 Å². The van der Waals surface area contributed by atoms with Gasteiger partial charge in [0.2, 0.25) is 5.43 Å². The topological polar surface area (TPSA) is 95.9 Å². The molecule has 0 radical (unpaired) electrons. The molecule has 0 spiro atoms. The zero-order valence-electron chi connectivity index (χ0n) is 12.2. The predicted octanol–water partition coefficient (Wildman–Crippen LogP) is 2.17. The highest BCUT2D eigenvalue weighted by atomic mass is 16.4. The van der Waals surface area contributed by atoms with Crippen LogP contribution in [0.5, 0.6) is 0 Å². The third kappa shape index (κ3) is 2.19. The lowest BCUT2D eigenvalue weighted by Crippen LogP contribution is -2.16. The van der Waals surface area contributed by atoms with Crippen molar-refractivity contribution in [3.05, 3.63) is 57.5 Å². The molecule has 6 heteroatoms. The van der Waals surface area contributed by atoms with E-state index in [1.807, 2.05) is 6.07 Å². The number of aromatic carboxylic acids is 1. The Balaban J connectivity index is 1.85. The molecule has 0 amide bonds. The summed E-state index contributed by atoms with van der Waals surface area (Å²) in [4.78, 5) is 34.5. The van der Waals surface area contributed by atoms with Gasteiger partial charge in [-0.25, -0.2) is 14.8 Å². The smallest absolute Gasteiger partial charge is 0.341 e. The van der Waals surface area contributed by atoms with Crippen molar-refractivity contribution in [3.8, 4) is 11.4 Å². The van der Waals surface area contributed by atoms with Crippen molar-refractivity contribution in [2.45, 2.75) is 19.3 Å². The first-order valence-corrected chi connectivity index (χ1v) is 7.37. The number of pyridine rings is 1. The molecule has 0 aliphatic heterocycles. The van der Waals surface area contributed by atoms with Gasteiger partial charge in [-0.3, -0.25) is 4.79 Å². The van der Waals surface area contributed by atoms with Gasteiger partial charge in [-0.15, -0.1) is 0 Å². The van der Waals surface area contributed by atoms with Crippen molar-refractivity contribution < 1.29 is 9.90 Å². The van der Waals surface area contributed by atoms with Crippen molar-refractivity contribution in [1.29, 1.82) is 0 Å². The average Bonchev–Trinajstić information content (AvgIpc) is 3.02. The highest BCUT2D eigenvalue weighted by molar-refractivity contribution is 5.91. The Hall–Kier alpha value is -3.02. The van der Waals surface area contributed by atoms with Crippen LogP contribution in [-0.4, -0.2) is 26.0 Å². The summed E-state index contributed by atoms with van der Waals surface area (Å²) >= 11 is 0. The summed E-state index contributed by atoms with van der Waals surface area (Å²) in [6.45, 7) is 0. The van der Waals surface area contributed by atoms with E-state index in [1.165, 1.54) is 29.9 Å². The summed E-state index contributed by atoms with van der Waals surface area (Å²) in [5.74, 6) is -0.748. The fourth-order valence-electron chi connectivity index (χ4n) is 3.02. The maximum absolute atomic E-state index is 12.1. The van der Waals surface area contributed by atoms with Gasteiger partial charge in [-0.1, -0.05) is 12.1 Å². The second kappa shape index (κ2) is 5.01. The predicted molar refractivity (Wildman–Crippen MR) is 84.6 cm³/mol. The van der Waals surface area contributed by atoms with Crippen molar-refractivity contribution in [2.75, 3.05) is 0 Å². The molecule has 23 heavy (non-hydrogen) atoms. The van der Waals surface area contributed by atoms with Crippen LogP contribution in [0.1, 0.15) is 27.9 Å². The molecule has 0 saturated carbocycles. The van der Waals surface area contributed by atoms with E-state index in [9.17, 15) is 9.59 Å². The third-order valence-electron chi connectivity index (χ3n) is 4.22. The number of H-pyrrole nitrogens is 1. The molecule has 0 bridgehead atoms. The molecule has 6 nitrogen and oxygen atoms in total. The van der Waals surface area contributed by atoms with E-state index in [4.69, 9.17) is 5.11 Å². The quantitative estimate of drug-likeness (QED) is 0.756. The standard InChI is InChI=1S/C17H13N3O3/c21-14-12-7-18-15(20-16(12)19-8-13(14)17(22)23)11-5-4-9-2-1-3-10(9)6-11/h4-8H,1-3H2,(H,22,23)(H,18,19,20,21). The van der Waals surface area contributed by atoms with E-state index in [1.54, 1.807) is 0 Å². The summed E-state index contributed by atoms with van der Waals surface area (Å²) < 4.78 is 0. The molecule has 2 N–H and O–H groups in total. The fraction of sp³-hybridized carbons (Fsp3) is 0.176. The summed E-state index contributed by atoms with van der Waals surface area (Å²) in [6, 6.07) is 6.17. The molecule has 0 fully saturated rings. The SMILES string of the molecule is O=C(O)c1c[nH]c2nc(-c3ccc4c(c3)CCC4)ncc2c1=O. The van der Waals surface area contributed by atoms with Crippen LogP contribution in [0.15, 0.2) is 35.4 Å². The van der Waals surface area contributed by atoms with Gasteiger partial charge < -0.3 is 10.1 Å². The second-order valence-corrected chi connectivity index (χ2v) is 5.63. The molecule has 1 aliphatic carbocycles. The van der Waals surface area contributed by atoms with Gasteiger partial charge in [0.15, 0.2) is 5.82 Å². The Labute approximate surface area is 130 Å². The van der Waals surface area contributed by atoms with Crippen LogP contribution < -0.4 is 5.43 Å². The van der Waals surface area contributed by atoms with Crippen molar-refractivity contribution >= 4 is 17.0 Å². The Morgan fingerprint density at radius 3 is 2.87 bits per heavy atom. The molecular formula is C17H13N3O3. The Morgan fingerprint density at radius 2 is 2.04 bits per heavy atom. The van der Waals surface area contributed by atoms with Crippen LogP contribution in [0.3, 0.4) is 0 Å². The number of nitrogens with zero attached hydrogens (tertiary/aromatic N) is 2. The molecule has 4 rings (SSSR count). The van der Waals surface area contributed by atoms with Crippen LogP contribution in [0.2, 0.25) is 0 Å². The van der Waals surface area contributed by atoms with E-state index in [0.717, 1.165) is 18.4 Å². The normalized spacial score (nSPS) is 13.2. The first kappa shape index (κ1) is 13.6. The van der Waals surface area contributed by atoms with Gasteiger partial charge in [-0.2, -0.15) is 0 Å². The highest BCUT2D eigenvalue weighted by Crippen LogP contribution is 2.26. The molecule has 1 aromatic carbocycles. The molecule has 0 atom stereocenters. The lowest BCUT2D eigenvalue weighted by molar-refractivity contribution is 0.0695. The average molecular weight is 307 g/mol. The van der Waals surface area contributed by atoms with E-state index in [-0.39, 0.29) is 10.9 Å². The Kier molecular flexibility index (Phi) is 2.97. The van der Waals surface area contributed by atoms with E-state index in [2.05, 4.69) is 27.1 Å². The fourth-order valence-corrected chi connectivity index (χ4v) is 3.02. The zero-order valence-corrected chi connectivity index (χ0v) is 12.2. The number of nitrogens with one attached hydrogen (secondary N) is 1. The number of benzene rings is 1. The Morgan fingerprint density at radius 1 is 1.22 bits per heavy atom. The number of fused-ring (bicyclic) bond motifs is 2. The number of rotatable bonds is 2. The highest BCUT2D eigenvalue weighted by Gasteiger charge is 2.15. The number of aromatic nitrogens is 3. The summed E-state index contributed by atoms with van der Waals surface area (Å²) in [5, 5.41) is 9.16. The van der Waals surface area contributed by atoms with Gasteiger partial charge >= 0.3 is 5.97 Å². The van der Waals surface area contributed by atoms with E-state index < -0.39 is 11.4 Å². The third-order valence-corrected chi connectivity index (χ3v) is 4.22. The van der Waals surface area contributed by atoms with Crippen LogP contribution in [-0.2, 0) is 12.8 Å². The molecule has 3 aromatic rings. The van der Waals surface area contributed by atoms with Gasteiger partial charge in [0.1, 0.15) is 11.2 Å². The maximum atomic E-state index is 12.1. The Bertz CT molecular complexity index is 1010. The van der Waals surface area contributed by atoms with Gasteiger partial charge in [0.05, 0.1) is 5.39 Å². The molecule has 0 saturated heterocycles. The number of hydrogen-bond donors (Lipinski definition) is 2. The van der Waals surface area contributed by atoms with Crippen LogP contribution in [0.25, 0.3) is 22.4 Å². The molecule has 1 aliphatic rings. The van der Waals surface area contributed by atoms with Crippen LogP contribution >= 0.6 is 0 Å². The lowest BCUT2D eigenvalue weighted by atomic mass is 10.1. The molecular weight excluding hydrogens is 294 g/mol. The number of carboxylic acid groups (broad SMARTS) is 1. The monoisotopic (exact) mass is 307 g/mol. The number of hydrogen-bond acceptors (Lipinski definition) is 4. The lowest BCUT2D eigenvalue weighted by Gasteiger charge is -2.05. The zero-order chi connectivity index (χ0) is 16.0. The number of aryl methyl sites for hydroxylation is 2. The maximum Gasteiger partial charge on any atom is 0.341 e. The minimum Gasteiger partial charge on any atom is -0.477 e. The summed E-state index contributed by atoms with van der Waals surface area (Å²) in [5.41, 5.74) is 3.04. The van der Waals surface area contributed by atoms with Gasteiger partial charge in [0.25, 0.3) is 0 Å². The van der Waals surface area contributed by atoms with Gasteiger partial charge in [0, 0.05) is 18.0 Å². The number of aromatic amines is 1. The minimum absolute atomic E-state index is 0.176. The molecule has 2 heterocycles. The summed E-state index contributed by atoms with van der Waals surface area (Å²) in [7, 11) is 0. The number of carboxylic acids is 1. The summed E-state index contributed by atoms with van der Waals surface area (Å²) in [6.07, 6.45) is 5.90.